The van der Waals surface area contributed by atoms with Gasteiger partial charge in [0.25, 0.3) is 0 Å². The number of carbonyl (C=O) groups is 2. The van der Waals surface area contributed by atoms with E-state index in [1.165, 1.54) is 6.92 Å². The fourth-order valence-electron chi connectivity index (χ4n) is 1.87. The topological polar surface area (TPSA) is 58.2 Å². The summed E-state index contributed by atoms with van der Waals surface area (Å²) in [4.78, 5) is 23.5. The molecule has 0 aliphatic carbocycles. The first-order valence-corrected chi connectivity index (χ1v) is 7.10. The molecule has 0 aliphatic rings. The second kappa shape index (κ2) is 10.1. The minimum Gasteiger partial charge on any atom is -0.345 e. The Morgan fingerprint density at radius 3 is 1.94 bits per heavy atom. The predicted octanol–water partition coefficient (Wildman–Crippen LogP) is 2.03. The molecule has 0 spiro atoms. The van der Waals surface area contributed by atoms with Crippen molar-refractivity contribution in [3.63, 3.8) is 0 Å². The van der Waals surface area contributed by atoms with Crippen LogP contribution in [0.25, 0.3) is 0 Å². The SMILES string of the molecule is CCCNC(CCC)C(=O)NC(CCC)C(C)=O. The highest BCUT2D eigenvalue weighted by molar-refractivity contribution is 5.89. The molecule has 0 fully saturated rings. The van der Waals surface area contributed by atoms with Gasteiger partial charge in [0.15, 0.2) is 5.78 Å². The molecule has 18 heavy (non-hydrogen) atoms. The highest BCUT2D eigenvalue weighted by atomic mass is 16.2. The fourth-order valence-corrected chi connectivity index (χ4v) is 1.87. The number of amides is 1. The van der Waals surface area contributed by atoms with E-state index in [1.807, 2.05) is 6.92 Å². The summed E-state index contributed by atoms with van der Waals surface area (Å²) in [7, 11) is 0. The molecule has 0 aromatic carbocycles. The molecule has 0 radical (unpaired) electrons. The maximum Gasteiger partial charge on any atom is 0.237 e. The van der Waals surface area contributed by atoms with Crippen molar-refractivity contribution in [2.75, 3.05) is 6.54 Å². The smallest absolute Gasteiger partial charge is 0.237 e. The van der Waals surface area contributed by atoms with Crippen molar-refractivity contribution in [3.8, 4) is 0 Å². The van der Waals surface area contributed by atoms with Crippen LogP contribution in [0.5, 0.6) is 0 Å². The van der Waals surface area contributed by atoms with E-state index in [0.717, 1.165) is 32.2 Å². The van der Waals surface area contributed by atoms with Crippen molar-refractivity contribution in [1.29, 1.82) is 0 Å². The quantitative estimate of drug-likeness (QED) is 0.629. The summed E-state index contributed by atoms with van der Waals surface area (Å²) in [6.45, 7) is 8.51. The molecule has 0 heterocycles. The van der Waals surface area contributed by atoms with Crippen molar-refractivity contribution >= 4 is 11.7 Å². The van der Waals surface area contributed by atoms with E-state index in [0.29, 0.717) is 6.42 Å². The summed E-state index contributed by atoms with van der Waals surface area (Å²) in [6, 6.07) is -0.501. The van der Waals surface area contributed by atoms with Gasteiger partial charge in [0.2, 0.25) is 5.91 Å². The van der Waals surface area contributed by atoms with E-state index >= 15 is 0 Å². The van der Waals surface area contributed by atoms with Crippen molar-refractivity contribution in [3.05, 3.63) is 0 Å². The number of ketones is 1. The first kappa shape index (κ1) is 17.1. The minimum atomic E-state index is -0.328. The Hall–Kier alpha value is -0.900. The standard InChI is InChI=1S/C14H28N2O2/c1-5-8-12(11(4)17)16-14(18)13(9-6-2)15-10-7-3/h12-13,15H,5-10H2,1-4H3,(H,16,18). The number of nitrogens with one attached hydrogen (secondary N) is 2. The normalized spacial score (nSPS) is 14.0. The first-order valence-electron chi connectivity index (χ1n) is 7.10. The van der Waals surface area contributed by atoms with Gasteiger partial charge in [-0.15, -0.1) is 0 Å². The lowest BCUT2D eigenvalue weighted by molar-refractivity contribution is -0.128. The molecule has 0 aromatic heterocycles. The lowest BCUT2D eigenvalue weighted by atomic mass is 10.1. The zero-order valence-corrected chi connectivity index (χ0v) is 12.2. The van der Waals surface area contributed by atoms with Gasteiger partial charge in [-0.3, -0.25) is 9.59 Å². The third-order valence-corrected chi connectivity index (χ3v) is 2.92. The number of hydrogen-bond donors (Lipinski definition) is 2. The highest BCUT2D eigenvalue weighted by Crippen LogP contribution is 2.02. The number of carbonyl (C=O) groups excluding carboxylic acids is 2. The van der Waals surface area contributed by atoms with Crippen molar-refractivity contribution in [1.82, 2.24) is 10.6 Å². The van der Waals surface area contributed by atoms with Crippen LogP contribution in [0.1, 0.15) is 59.8 Å². The average Bonchev–Trinajstić information content (AvgIpc) is 2.33. The molecule has 4 heteroatoms. The van der Waals surface area contributed by atoms with Crippen LogP contribution in [0, 0.1) is 0 Å². The van der Waals surface area contributed by atoms with Gasteiger partial charge < -0.3 is 10.6 Å². The molecule has 2 unspecified atom stereocenters. The third kappa shape index (κ3) is 6.74. The van der Waals surface area contributed by atoms with Gasteiger partial charge in [0, 0.05) is 0 Å². The van der Waals surface area contributed by atoms with Crippen LogP contribution >= 0.6 is 0 Å². The lowest BCUT2D eigenvalue weighted by Gasteiger charge is -2.21. The van der Waals surface area contributed by atoms with E-state index in [1.54, 1.807) is 0 Å². The maximum absolute atomic E-state index is 12.1. The summed E-state index contributed by atoms with van der Waals surface area (Å²) < 4.78 is 0. The highest BCUT2D eigenvalue weighted by Gasteiger charge is 2.21. The molecule has 106 valence electrons. The van der Waals surface area contributed by atoms with Crippen LogP contribution in [0.3, 0.4) is 0 Å². The Balaban J connectivity index is 4.40. The Kier molecular flexibility index (Phi) is 9.56. The molecule has 0 aromatic rings. The molecule has 0 rings (SSSR count). The number of hydrogen-bond acceptors (Lipinski definition) is 3. The lowest BCUT2D eigenvalue weighted by Crippen LogP contribution is -2.49. The summed E-state index contributed by atoms with van der Waals surface area (Å²) in [5.41, 5.74) is 0. The Morgan fingerprint density at radius 2 is 1.50 bits per heavy atom. The van der Waals surface area contributed by atoms with Gasteiger partial charge in [0.1, 0.15) is 0 Å². The maximum atomic E-state index is 12.1. The Labute approximate surface area is 111 Å². The summed E-state index contributed by atoms with van der Waals surface area (Å²) in [5.74, 6) is -0.00473. The average molecular weight is 256 g/mol. The van der Waals surface area contributed by atoms with Gasteiger partial charge >= 0.3 is 0 Å². The van der Waals surface area contributed by atoms with Gasteiger partial charge in [-0.05, 0) is 32.7 Å². The number of Topliss-reactive ketones (excluding diaryl/α,β-unsaturated/α-hetero) is 1. The summed E-state index contributed by atoms with van der Waals surface area (Å²) in [5, 5.41) is 6.09. The van der Waals surface area contributed by atoms with Crippen LogP contribution in [0.15, 0.2) is 0 Å². The van der Waals surface area contributed by atoms with E-state index in [9.17, 15) is 9.59 Å². The van der Waals surface area contributed by atoms with Crippen LogP contribution in [0.2, 0.25) is 0 Å². The molecule has 2 N–H and O–H groups in total. The Morgan fingerprint density at radius 1 is 0.944 bits per heavy atom. The molecular formula is C14H28N2O2. The zero-order valence-electron chi connectivity index (χ0n) is 12.2. The van der Waals surface area contributed by atoms with E-state index in [2.05, 4.69) is 24.5 Å². The van der Waals surface area contributed by atoms with Crippen LogP contribution in [-0.2, 0) is 9.59 Å². The van der Waals surface area contributed by atoms with Crippen molar-refractivity contribution in [2.24, 2.45) is 0 Å². The molecular weight excluding hydrogens is 228 g/mol. The molecule has 1 amide bonds. The molecule has 0 bridgehead atoms. The monoisotopic (exact) mass is 256 g/mol. The van der Waals surface area contributed by atoms with Gasteiger partial charge in [-0.25, -0.2) is 0 Å². The molecule has 4 nitrogen and oxygen atoms in total. The molecule has 0 saturated heterocycles. The first-order chi connectivity index (χ1) is 8.56. The van der Waals surface area contributed by atoms with E-state index in [4.69, 9.17) is 0 Å². The second-order valence-electron chi connectivity index (χ2n) is 4.76. The van der Waals surface area contributed by atoms with Gasteiger partial charge in [-0.1, -0.05) is 33.6 Å². The van der Waals surface area contributed by atoms with Gasteiger partial charge in [-0.2, -0.15) is 0 Å². The van der Waals surface area contributed by atoms with E-state index < -0.39 is 0 Å². The van der Waals surface area contributed by atoms with Crippen LogP contribution in [-0.4, -0.2) is 30.3 Å². The second-order valence-corrected chi connectivity index (χ2v) is 4.76. The van der Waals surface area contributed by atoms with Crippen molar-refractivity contribution in [2.45, 2.75) is 71.9 Å². The fraction of sp³-hybridized carbons (Fsp3) is 0.857. The number of rotatable bonds is 10. The van der Waals surface area contributed by atoms with Gasteiger partial charge in [0.05, 0.1) is 12.1 Å². The molecule has 0 saturated carbocycles. The zero-order chi connectivity index (χ0) is 14.0. The molecule has 2 atom stereocenters. The van der Waals surface area contributed by atoms with Crippen LogP contribution in [0.4, 0.5) is 0 Å². The summed E-state index contributed by atoms with van der Waals surface area (Å²) in [6.07, 6.45) is 4.37. The van der Waals surface area contributed by atoms with Crippen molar-refractivity contribution < 1.29 is 9.59 Å². The molecule has 0 aliphatic heterocycles. The Bertz CT molecular complexity index is 254. The summed E-state index contributed by atoms with van der Waals surface area (Å²) >= 11 is 0. The van der Waals surface area contributed by atoms with Crippen LogP contribution < -0.4 is 10.6 Å². The third-order valence-electron chi connectivity index (χ3n) is 2.92. The minimum absolute atomic E-state index is 0.0379. The largest absolute Gasteiger partial charge is 0.345 e. The predicted molar refractivity (Wildman–Crippen MR) is 74.5 cm³/mol. The van der Waals surface area contributed by atoms with E-state index in [-0.39, 0.29) is 23.8 Å².